The summed E-state index contributed by atoms with van der Waals surface area (Å²) in [6.07, 6.45) is 0. The molecule has 0 unspecified atom stereocenters. The molecule has 0 saturated carbocycles. The number of hydrogen-bond acceptors (Lipinski definition) is 6. The second kappa shape index (κ2) is 7.07. The molecule has 0 heterocycles. The van der Waals surface area contributed by atoms with Crippen LogP contribution in [0.2, 0.25) is 0 Å². The van der Waals surface area contributed by atoms with Gasteiger partial charge in [0.2, 0.25) is 0 Å². The molecule has 0 fully saturated rings. The molecule has 0 atom stereocenters. The number of thiocarbonyl (C=S) groups is 3. The molecule has 0 N–H and O–H groups in total. The van der Waals surface area contributed by atoms with Crippen LogP contribution < -0.4 is 0 Å². The van der Waals surface area contributed by atoms with Crippen LogP contribution in [0.25, 0.3) is 0 Å². The van der Waals surface area contributed by atoms with E-state index in [0.29, 0.717) is 0 Å². The Labute approximate surface area is 78.9 Å². The molecule has 0 radical (unpaired) electrons. The third-order valence-electron chi connectivity index (χ3n) is 0.391. The fourth-order valence-corrected chi connectivity index (χ4v) is 2.06. The SMILES string of the molecule is S=C=N[As](N=C=S)N=C=S. The van der Waals surface area contributed by atoms with Crippen molar-refractivity contribution in [1.29, 1.82) is 0 Å². The first kappa shape index (κ1) is 9.96. The van der Waals surface area contributed by atoms with Crippen LogP contribution in [-0.4, -0.2) is 30.8 Å². The van der Waals surface area contributed by atoms with Crippen LogP contribution in [0.3, 0.4) is 0 Å². The average Bonchev–Trinajstić information content (AvgIpc) is 1.90. The first-order chi connectivity index (χ1) is 4.85. The molecule has 0 rings (SSSR count). The second-order valence-corrected chi connectivity index (χ2v) is 3.77. The molecule has 7 heteroatoms. The molecule has 0 amide bonds. The number of hydrogen-bond donors (Lipinski definition) is 0. The van der Waals surface area contributed by atoms with Crippen LogP contribution in [0.5, 0.6) is 0 Å². The Morgan fingerprint density at radius 2 is 1.10 bits per heavy atom. The average molecular weight is 249 g/mol. The van der Waals surface area contributed by atoms with Gasteiger partial charge in [0.1, 0.15) is 0 Å². The van der Waals surface area contributed by atoms with E-state index >= 15 is 0 Å². The van der Waals surface area contributed by atoms with Gasteiger partial charge in [-0.3, -0.25) is 0 Å². The standard InChI is InChI=1S/C3AsN3S3/c8-1-5-4(6-2-9)7-3-10. The molecular formula is C3AsN3S3. The van der Waals surface area contributed by atoms with E-state index < -0.39 is 15.3 Å². The quantitative estimate of drug-likeness (QED) is 0.429. The van der Waals surface area contributed by atoms with Crippen molar-refractivity contribution in [2.24, 2.45) is 11.7 Å². The van der Waals surface area contributed by atoms with E-state index in [1.807, 2.05) is 0 Å². The molecule has 0 aliphatic heterocycles. The van der Waals surface area contributed by atoms with Crippen LogP contribution in [0.15, 0.2) is 11.7 Å². The van der Waals surface area contributed by atoms with Crippen molar-refractivity contribution in [3.8, 4) is 0 Å². The van der Waals surface area contributed by atoms with E-state index in [-0.39, 0.29) is 0 Å². The normalized spacial score (nSPS) is 9.60. The third kappa shape index (κ3) is 4.80. The van der Waals surface area contributed by atoms with Crippen molar-refractivity contribution >= 4 is 67.5 Å². The Morgan fingerprint density at radius 3 is 1.30 bits per heavy atom. The molecule has 0 bridgehead atoms. The van der Waals surface area contributed by atoms with Gasteiger partial charge in [0.05, 0.1) is 0 Å². The van der Waals surface area contributed by atoms with Gasteiger partial charge in [-0.1, -0.05) is 0 Å². The topological polar surface area (TPSA) is 37.1 Å². The van der Waals surface area contributed by atoms with Gasteiger partial charge in [0.15, 0.2) is 0 Å². The summed E-state index contributed by atoms with van der Waals surface area (Å²) in [7, 11) is 0. The van der Waals surface area contributed by atoms with E-state index in [4.69, 9.17) is 0 Å². The van der Waals surface area contributed by atoms with E-state index in [2.05, 4.69) is 63.9 Å². The zero-order valence-corrected chi connectivity index (χ0v) is 8.84. The molecule has 0 aliphatic carbocycles. The Balaban J connectivity index is 4.39. The molecule has 3 nitrogen and oxygen atoms in total. The summed E-state index contributed by atoms with van der Waals surface area (Å²) < 4.78 is 10.9. The van der Waals surface area contributed by atoms with Crippen LogP contribution in [0.4, 0.5) is 0 Å². The van der Waals surface area contributed by atoms with E-state index in [1.165, 1.54) is 0 Å². The summed E-state index contributed by atoms with van der Waals surface area (Å²) in [6, 6.07) is 0. The van der Waals surface area contributed by atoms with Gasteiger partial charge in [0.25, 0.3) is 0 Å². The number of rotatable bonds is 3. The van der Waals surface area contributed by atoms with Crippen molar-refractivity contribution in [2.45, 2.75) is 0 Å². The molecule has 0 aromatic carbocycles. The van der Waals surface area contributed by atoms with Crippen LogP contribution >= 0.6 is 36.7 Å². The monoisotopic (exact) mass is 249 g/mol. The predicted octanol–water partition coefficient (Wildman–Crippen LogP) is 1.28. The van der Waals surface area contributed by atoms with Crippen molar-refractivity contribution < 1.29 is 0 Å². The summed E-state index contributed by atoms with van der Waals surface area (Å²) >= 11 is 10.9. The molecule has 0 spiro atoms. The molecule has 0 aromatic rings. The minimum atomic E-state index is -2.07. The Morgan fingerprint density at radius 1 is 0.800 bits per heavy atom. The van der Waals surface area contributed by atoms with Gasteiger partial charge in [-0.05, 0) is 0 Å². The summed E-state index contributed by atoms with van der Waals surface area (Å²) in [5.41, 5.74) is 0. The summed E-state index contributed by atoms with van der Waals surface area (Å²) in [4.78, 5) is 0. The Bertz CT molecular complexity index is 203. The van der Waals surface area contributed by atoms with Crippen molar-refractivity contribution in [3.63, 3.8) is 0 Å². The van der Waals surface area contributed by atoms with Crippen molar-refractivity contribution in [1.82, 2.24) is 0 Å². The van der Waals surface area contributed by atoms with Gasteiger partial charge in [-0.2, -0.15) is 0 Å². The fraction of sp³-hybridized carbons (Fsp3) is 0. The molecule has 0 aromatic heterocycles. The molecule has 10 heavy (non-hydrogen) atoms. The Hall–Kier alpha value is -0.0416. The van der Waals surface area contributed by atoms with Gasteiger partial charge in [0, 0.05) is 0 Å². The van der Waals surface area contributed by atoms with Crippen molar-refractivity contribution in [3.05, 3.63) is 0 Å². The zero-order chi connectivity index (χ0) is 7.82. The Kier molecular flexibility index (Phi) is 7.04. The van der Waals surface area contributed by atoms with Crippen LogP contribution in [0.1, 0.15) is 0 Å². The minimum absolute atomic E-state index is 2.07. The first-order valence-corrected chi connectivity index (χ1v) is 5.63. The van der Waals surface area contributed by atoms with Gasteiger partial charge < -0.3 is 0 Å². The van der Waals surface area contributed by atoms with Gasteiger partial charge in [-0.25, -0.2) is 0 Å². The molecule has 0 aliphatic rings. The second-order valence-electron chi connectivity index (χ2n) is 0.842. The molecule has 50 valence electrons. The summed E-state index contributed by atoms with van der Waals surface area (Å²) in [6.45, 7) is 0. The summed E-state index contributed by atoms with van der Waals surface area (Å²) in [5, 5.41) is 6.45. The maximum absolute atomic E-state index is 4.33. The molecular weight excluding hydrogens is 249 g/mol. The van der Waals surface area contributed by atoms with Crippen LogP contribution in [-0.2, 0) is 0 Å². The van der Waals surface area contributed by atoms with Crippen LogP contribution in [0, 0.1) is 0 Å². The first-order valence-electron chi connectivity index (χ1n) is 1.88. The van der Waals surface area contributed by atoms with Crippen molar-refractivity contribution in [2.75, 3.05) is 0 Å². The van der Waals surface area contributed by atoms with E-state index in [1.54, 1.807) is 0 Å². The van der Waals surface area contributed by atoms with E-state index in [0.717, 1.165) is 0 Å². The van der Waals surface area contributed by atoms with E-state index in [9.17, 15) is 0 Å². The number of isothiocyanates is 3. The maximum atomic E-state index is 4.33. The van der Waals surface area contributed by atoms with Gasteiger partial charge in [-0.15, -0.1) is 0 Å². The summed E-state index contributed by atoms with van der Waals surface area (Å²) in [5.74, 6) is 0. The molecule has 0 saturated heterocycles. The number of nitrogens with zero attached hydrogens (tertiary/aromatic N) is 3. The van der Waals surface area contributed by atoms with Gasteiger partial charge >= 0.3 is 79.2 Å². The third-order valence-corrected chi connectivity index (χ3v) is 3.30. The predicted molar refractivity (Wildman–Crippen MR) is 50.8 cm³/mol. The zero-order valence-electron chi connectivity index (χ0n) is 4.51. The fourth-order valence-electron chi connectivity index (χ4n) is 0.177.